The lowest BCUT2D eigenvalue weighted by Crippen LogP contribution is -2.18. The first-order valence-electron chi connectivity index (χ1n) is 3.56. The standard InChI is InChI=1S/C8H14O/c1-6(2)7-4-3-5-8(7)9/h3-4,6-9H,5H2,1-2H3/t7-,8+/m0/s1. The summed E-state index contributed by atoms with van der Waals surface area (Å²) >= 11 is 0. The molecular formula is C8H14O. The molecule has 1 heteroatoms. The van der Waals surface area contributed by atoms with Crippen LogP contribution in [0, 0.1) is 11.8 Å². The highest BCUT2D eigenvalue weighted by Crippen LogP contribution is 2.24. The van der Waals surface area contributed by atoms with E-state index in [1.54, 1.807) is 0 Å². The molecular weight excluding hydrogens is 112 g/mol. The smallest absolute Gasteiger partial charge is 0.0639 e. The maximum absolute atomic E-state index is 9.30. The van der Waals surface area contributed by atoms with Crippen LogP contribution in [0.1, 0.15) is 20.3 Å². The van der Waals surface area contributed by atoms with Crippen LogP contribution in [0.5, 0.6) is 0 Å². The molecule has 1 rings (SSSR count). The van der Waals surface area contributed by atoms with Crippen molar-refractivity contribution in [3.05, 3.63) is 12.2 Å². The van der Waals surface area contributed by atoms with Gasteiger partial charge in [-0.3, -0.25) is 0 Å². The Morgan fingerprint density at radius 3 is 2.44 bits per heavy atom. The van der Waals surface area contributed by atoms with Gasteiger partial charge in [-0.1, -0.05) is 26.0 Å². The summed E-state index contributed by atoms with van der Waals surface area (Å²) in [6.45, 7) is 4.28. The van der Waals surface area contributed by atoms with Gasteiger partial charge in [0.1, 0.15) is 0 Å². The van der Waals surface area contributed by atoms with Gasteiger partial charge in [0, 0.05) is 5.92 Å². The monoisotopic (exact) mass is 126 g/mol. The summed E-state index contributed by atoms with van der Waals surface area (Å²) in [5, 5.41) is 9.30. The van der Waals surface area contributed by atoms with Gasteiger partial charge in [0.05, 0.1) is 6.10 Å². The van der Waals surface area contributed by atoms with Crippen LogP contribution < -0.4 is 0 Å². The molecule has 0 aromatic rings. The molecule has 0 aromatic carbocycles. The van der Waals surface area contributed by atoms with E-state index < -0.39 is 0 Å². The van der Waals surface area contributed by atoms with E-state index >= 15 is 0 Å². The second kappa shape index (κ2) is 2.53. The zero-order valence-electron chi connectivity index (χ0n) is 6.04. The largest absolute Gasteiger partial charge is 0.392 e. The topological polar surface area (TPSA) is 20.2 Å². The molecule has 0 bridgehead atoms. The predicted molar refractivity (Wildman–Crippen MR) is 38.1 cm³/mol. The fourth-order valence-electron chi connectivity index (χ4n) is 1.33. The Balaban J connectivity index is 2.49. The zero-order chi connectivity index (χ0) is 6.85. The summed E-state index contributed by atoms with van der Waals surface area (Å²) in [6, 6.07) is 0. The Hall–Kier alpha value is -0.300. The van der Waals surface area contributed by atoms with Crippen molar-refractivity contribution < 1.29 is 5.11 Å². The Morgan fingerprint density at radius 2 is 2.22 bits per heavy atom. The Kier molecular flexibility index (Phi) is 1.91. The highest BCUT2D eigenvalue weighted by molar-refractivity contribution is 5.02. The highest BCUT2D eigenvalue weighted by atomic mass is 16.3. The molecule has 0 aliphatic heterocycles. The SMILES string of the molecule is CC(C)[C@@H]1C=CC[C@H]1O. The normalized spacial score (nSPS) is 34.2. The van der Waals surface area contributed by atoms with Gasteiger partial charge in [0.2, 0.25) is 0 Å². The zero-order valence-corrected chi connectivity index (χ0v) is 6.04. The van der Waals surface area contributed by atoms with Crippen LogP contribution in [0.4, 0.5) is 0 Å². The summed E-state index contributed by atoms with van der Waals surface area (Å²) in [6.07, 6.45) is 4.93. The number of hydrogen-bond acceptors (Lipinski definition) is 1. The third kappa shape index (κ3) is 1.33. The summed E-state index contributed by atoms with van der Waals surface area (Å²) in [5.74, 6) is 0.990. The molecule has 52 valence electrons. The van der Waals surface area contributed by atoms with E-state index in [0.717, 1.165) is 6.42 Å². The molecule has 1 aliphatic rings. The van der Waals surface area contributed by atoms with Crippen LogP contribution in [0.3, 0.4) is 0 Å². The van der Waals surface area contributed by atoms with E-state index in [9.17, 15) is 5.11 Å². The molecule has 0 saturated carbocycles. The van der Waals surface area contributed by atoms with E-state index in [1.165, 1.54) is 0 Å². The molecule has 2 atom stereocenters. The number of hydrogen-bond donors (Lipinski definition) is 1. The summed E-state index contributed by atoms with van der Waals surface area (Å²) in [4.78, 5) is 0. The van der Waals surface area contributed by atoms with Gasteiger partial charge in [0.15, 0.2) is 0 Å². The molecule has 1 N–H and O–H groups in total. The number of rotatable bonds is 1. The van der Waals surface area contributed by atoms with Gasteiger partial charge in [-0.25, -0.2) is 0 Å². The van der Waals surface area contributed by atoms with Gasteiger partial charge in [-0.05, 0) is 12.3 Å². The second-order valence-electron chi connectivity index (χ2n) is 3.05. The second-order valence-corrected chi connectivity index (χ2v) is 3.05. The van der Waals surface area contributed by atoms with E-state index in [1.807, 2.05) is 0 Å². The molecule has 0 saturated heterocycles. The third-order valence-electron chi connectivity index (χ3n) is 1.95. The lowest BCUT2D eigenvalue weighted by atomic mass is 9.93. The van der Waals surface area contributed by atoms with Gasteiger partial charge < -0.3 is 5.11 Å². The van der Waals surface area contributed by atoms with Crippen LogP contribution in [-0.2, 0) is 0 Å². The minimum absolute atomic E-state index is 0.106. The molecule has 1 nitrogen and oxygen atoms in total. The molecule has 0 heterocycles. The Bertz CT molecular complexity index is 116. The molecule has 0 spiro atoms. The predicted octanol–water partition coefficient (Wildman–Crippen LogP) is 1.58. The van der Waals surface area contributed by atoms with Crippen molar-refractivity contribution in [1.82, 2.24) is 0 Å². The van der Waals surface area contributed by atoms with Crippen molar-refractivity contribution in [2.75, 3.05) is 0 Å². The van der Waals surface area contributed by atoms with E-state index in [-0.39, 0.29) is 6.10 Å². The van der Waals surface area contributed by atoms with Crippen molar-refractivity contribution in [2.45, 2.75) is 26.4 Å². The highest BCUT2D eigenvalue weighted by Gasteiger charge is 2.22. The van der Waals surface area contributed by atoms with Crippen molar-refractivity contribution in [3.63, 3.8) is 0 Å². The first-order valence-corrected chi connectivity index (χ1v) is 3.56. The summed E-state index contributed by atoms with van der Waals surface area (Å²) in [5.41, 5.74) is 0. The average molecular weight is 126 g/mol. The Labute approximate surface area is 56.4 Å². The van der Waals surface area contributed by atoms with Crippen LogP contribution in [0.2, 0.25) is 0 Å². The summed E-state index contributed by atoms with van der Waals surface area (Å²) < 4.78 is 0. The molecule has 0 fully saturated rings. The van der Waals surface area contributed by atoms with Gasteiger partial charge in [-0.2, -0.15) is 0 Å². The van der Waals surface area contributed by atoms with Crippen LogP contribution in [0.15, 0.2) is 12.2 Å². The molecule has 0 aromatic heterocycles. The lowest BCUT2D eigenvalue weighted by molar-refractivity contribution is 0.121. The van der Waals surface area contributed by atoms with E-state index in [4.69, 9.17) is 0 Å². The summed E-state index contributed by atoms with van der Waals surface area (Å²) in [7, 11) is 0. The number of aliphatic hydroxyl groups excluding tert-OH is 1. The first kappa shape index (κ1) is 6.81. The molecule has 0 unspecified atom stereocenters. The fraction of sp³-hybridized carbons (Fsp3) is 0.750. The Morgan fingerprint density at radius 1 is 1.56 bits per heavy atom. The van der Waals surface area contributed by atoms with Gasteiger partial charge in [0.25, 0.3) is 0 Å². The maximum Gasteiger partial charge on any atom is 0.0639 e. The van der Waals surface area contributed by atoms with E-state index in [2.05, 4.69) is 26.0 Å². The van der Waals surface area contributed by atoms with Crippen LogP contribution >= 0.6 is 0 Å². The van der Waals surface area contributed by atoms with Gasteiger partial charge >= 0.3 is 0 Å². The van der Waals surface area contributed by atoms with Gasteiger partial charge in [-0.15, -0.1) is 0 Å². The van der Waals surface area contributed by atoms with Crippen molar-refractivity contribution in [3.8, 4) is 0 Å². The maximum atomic E-state index is 9.30. The van der Waals surface area contributed by atoms with E-state index in [0.29, 0.717) is 11.8 Å². The first-order chi connectivity index (χ1) is 4.22. The molecule has 0 amide bonds. The molecule has 1 aliphatic carbocycles. The fourth-order valence-corrected chi connectivity index (χ4v) is 1.33. The minimum atomic E-state index is -0.106. The van der Waals surface area contributed by atoms with Crippen molar-refractivity contribution in [1.29, 1.82) is 0 Å². The van der Waals surface area contributed by atoms with Crippen LogP contribution in [-0.4, -0.2) is 11.2 Å². The molecule has 9 heavy (non-hydrogen) atoms. The molecule has 0 radical (unpaired) electrons. The third-order valence-corrected chi connectivity index (χ3v) is 1.95. The van der Waals surface area contributed by atoms with Crippen molar-refractivity contribution in [2.24, 2.45) is 11.8 Å². The van der Waals surface area contributed by atoms with Crippen molar-refractivity contribution >= 4 is 0 Å². The average Bonchev–Trinajstić information content (AvgIpc) is 2.13. The minimum Gasteiger partial charge on any atom is -0.392 e. The lowest BCUT2D eigenvalue weighted by Gasteiger charge is -2.16. The number of aliphatic hydroxyl groups is 1. The quantitative estimate of drug-likeness (QED) is 0.529. The van der Waals surface area contributed by atoms with Crippen LogP contribution in [0.25, 0.3) is 0 Å².